The van der Waals surface area contributed by atoms with Crippen molar-refractivity contribution in [3.8, 4) is 11.1 Å². The third-order valence-electron chi connectivity index (χ3n) is 6.75. The zero-order valence-electron chi connectivity index (χ0n) is 18.4. The average Bonchev–Trinajstić information content (AvgIpc) is 3.28. The minimum absolute atomic E-state index is 0.628. The number of rotatable bonds is 7. The first-order valence-electron chi connectivity index (χ1n) is 11.7. The SMILES string of the molecule is CCCN(CCc1ccc(-c2ccccc2)cc1)[C@H]1CCc2cc3ccoc3cc2C1. The van der Waals surface area contributed by atoms with Gasteiger partial charge in [-0.3, -0.25) is 4.90 Å². The Morgan fingerprint density at radius 1 is 0.871 bits per heavy atom. The van der Waals surface area contributed by atoms with Gasteiger partial charge < -0.3 is 4.42 Å². The van der Waals surface area contributed by atoms with Crippen LogP contribution >= 0.6 is 0 Å². The Morgan fingerprint density at radius 2 is 1.68 bits per heavy atom. The molecular weight excluding hydrogens is 378 g/mol. The highest BCUT2D eigenvalue weighted by Gasteiger charge is 2.24. The molecule has 4 aromatic rings. The van der Waals surface area contributed by atoms with Gasteiger partial charge in [0, 0.05) is 18.0 Å². The summed E-state index contributed by atoms with van der Waals surface area (Å²) in [4.78, 5) is 2.72. The normalized spacial score (nSPS) is 16.0. The molecule has 0 saturated heterocycles. The molecule has 2 nitrogen and oxygen atoms in total. The van der Waals surface area contributed by atoms with Crippen molar-refractivity contribution < 1.29 is 4.42 Å². The molecule has 1 aliphatic rings. The number of aryl methyl sites for hydroxylation is 1. The van der Waals surface area contributed by atoms with Crippen LogP contribution in [0.4, 0.5) is 0 Å². The second-order valence-corrected chi connectivity index (χ2v) is 8.82. The summed E-state index contributed by atoms with van der Waals surface area (Å²) in [6, 6.07) is 27.1. The maximum absolute atomic E-state index is 5.66. The molecule has 0 fully saturated rings. The van der Waals surface area contributed by atoms with Gasteiger partial charge in [-0.15, -0.1) is 0 Å². The molecule has 0 radical (unpaired) electrons. The van der Waals surface area contributed by atoms with Crippen LogP contribution in [0.15, 0.2) is 83.5 Å². The van der Waals surface area contributed by atoms with E-state index in [2.05, 4.69) is 84.6 Å². The van der Waals surface area contributed by atoms with Crippen molar-refractivity contribution in [2.75, 3.05) is 13.1 Å². The quantitative estimate of drug-likeness (QED) is 0.330. The summed E-state index contributed by atoms with van der Waals surface area (Å²) < 4.78 is 5.66. The third kappa shape index (κ3) is 4.45. The largest absolute Gasteiger partial charge is 0.464 e. The second kappa shape index (κ2) is 9.11. The Morgan fingerprint density at radius 3 is 2.48 bits per heavy atom. The van der Waals surface area contributed by atoms with Crippen molar-refractivity contribution >= 4 is 11.0 Å². The summed E-state index contributed by atoms with van der Waals surface area (Å²) >= 11 is 0. The molecule has 3 aromatic carbocycles. The Kier molecular flexibility index (Phi) is 5.90. The topological polar surface area (TPSA) is 16.4 Å². The lowest BCUT2D eigenvalue weighted by atomic mass is 9.86. The number of fused-ring (bicyclic) bond motifs is 2. The van der Waals surface area contributed by atoms with Crippen LogP contribution in [0.5, 0.6) is 0 Å². The van der Waals surface area contributed by atoms with E-state index in [0.29, 0.717) is 6.04 Å². The minimum atomic E-state index is 0.628. The molecule has 0 bridgehead atoms. The molecule has 0 spiro atoms. The zero-order chi connectivity index (χ0) is 21.0. The number of benzene rings is 3. The van der Waals surface area contributed by atoms with Crippen molar-refractivity contribution in [1.82, 2.24) is 4.90 Å². The summed E-state index contributed by atoms with van der Waals surface area (Å²) in [7, 11) is 0. The summed E-state index contributed by atoms with van der Waals surface area (Å²) in [6.45, 7) is 4.59. The van der Waals surface area contributed by atoms with Crippen LogP contribution in [0.25, 0.3) is 22.1 Å². The summed E-state index contributed by atoms with van der Waals surface area (Å²) in [5.74, 6) is 0. The van der Waals surface area contributed by atoms with Gasteiger partial charge in [0.1, 0.15) is 5.58 Å². The molecule has 0 aliphatic heterocycles. The van der Waals surface area contributed by atoms with E-state index in [-0.39, 0.29) is 0 Å². The maximum atomic E-state index is 5.66. The van der Waals surface area contributed by atoms with Crippen LogP contribution in [0.2, 0.25) is 0 Å². The van der Waals surface area contributed by atoms with Gasteiger partial charge in [0.25, 0.3) is 0 Å². The molecule has 1 aliphatic carbocycles. The van der Waals surface area contributed by atoms with Crippen molar-refractivity contribution in [1.29, 1.82) is 0 Å². The van der Waals surface area contributed by atoms with Gasteiger partial charge in [-0.2, -0.15) is 0 Å². The highest BCUT2D eigenvalue weighted by Crippen LogP contribution is 2.29. The molecule has 0 amide bonds. The minimum Gasteiger partial charge on any atom is -0.464 e. The van der Waals surface area contributed by atoms with E-state index in [1.165, 1.54) is 59.0 Å². The smallest absolute Gasteiger partial charge is 0.134 e. The number of hydrogen-bond donors (Lipinski definition) is 0. The number of furan rings is 1. The fourth-order valence-corrected chi connectivity index (χ4v) is 5.04. The predicted molar refractivity (Wildman–Crippen MR) is 129 cm³/mol. The van der Waals surface area contributed by atoms with Crippen LogP contribution in [0, 0.1) is 0 Å². The Bertz CT molecular complexity index is 1130. The fourth-order valence-electron chi connectivity index (χ4n) is 5.04. The van der Waals surface area contributed by atoms with Crippen molar-refractivity contribution in [3.63, 3.8) is 0 Å². The lowest BCUT2D eigenvalue weighted by molar-refractivity contribution is 0.182. The van der Waals surface area contributed by atoms with Crippen LogP contribution in [-0.2, 0) is 19.3 Å². The summed E-state index contributed by atoms with van der Waals surface area (Å²) in [6.07, 6.45) is 7.68. The van der Waals surface area contributed by atoms with Crippen LogP contribution < -0.4 is 0 Å². The van der Waals surface area contributed by atoms with Gasteiger partial charge in [0.05, 0.1) is 6.26 Å². The van der Waals surface area contributed by atoms with Crippen molar-refractivity contribution in [2.24, 2.45) is 0 Å². The van der Waals surface area contributed by atoms with Crippen LogP contribution in [0.1, 0.15) is 36.5 Å². The molecule has 2 heteroatoms. The first kappa shape index (κ1) is 20.1. The standard InChI is InChI=1S/C29H31NO/c1-2-16-30(17-14-22-8-10-24(11-9-22)23-6-4-3-5-7-23)28-13-12-25-19-26-15-18-31-29(26)21-27(25)20-28/h3-11,15,18-19,21,28H,2,12-14,16-17,20H2,1H3/t28-/m0/s1. The molecule has 1 atom stereocenters. The van der Waals surface area contributed by atoms with Gasteiger partial charge in [0.2, 0.25) is 0 Å². The van der Waals surface area contributed by atoms with Crippen LogP contribution in [-0.4, -0.2) is 24.0 Å². The lowest BCUT2D eigenvalue weighted by Crippen LogP contribution is -2.41. The Labute approximate surface area is 185 Å². The van der Waals surface area contributed by atoms with E-state index in [1.54, 1.807) is 6.26 Å². The predicted octanol–water partition coefficient (Wildman–Crippen LogP) is 6.91. The Hall–Kier alpha value is -2.84. The van der Waals surface area contributed by atoms with Gasteiger partial charge in [-0.25, -0.2) is 0 Å². The monoisotopic (exact) mass is 409 g/mol. The summed E-state index contributed by atoms with van der Waals surface area (Å²) in [5, 5.41) is 1.24. The maximum Gasteiger partial charge on any atom is 0.134 e. The fraction of sp³-hybridized carbons (Fsp3) is 0.310. The van der Waals surface area contributed by atoms with Gasteiger partial charge in [0.15, 0.2) is 0 Å². The van der Waals surface area contributed by atoms with E-state index >= 15 is 0 Å². The number of hydrogen-bond acceptors (Lipinski definition) is 2. The Balaban J connectivity index is 1.26. The van der Waals surface area contributed by atoms with Gasteiger partial charge >= 0.3 is 0 Å². The van der Waals surface area contributed by atoms with Crippen LogP contribution in [0.3, 0.4) is 0 Å². The molecule has 0 N–H and O–H groups in total. The van der Waals surface area contributed by atoms with Crippen molar-refractivity contribution in [3.05, 3.63) is 95.7 Å². The van der Waals surface area contributed by atoms with E-state index in [4.69, 9.17) is 4.42 Å². The van der Waals surface area contributed by atoms with E-state index < -0.39 is 0 Å². The molecular formula is C29H31NO. The highest BCUT2D eigenvalue weighted by atomic mass is 16.3. The lowest BCUT2D eigenvalue weighted by Gasteiger charge is -2.35. The van der Waals surface area contributed by atoms with Crippen molar-refractivity contribution in [2.45, 2.75) is 45.1 Å². The molecule has 1 aromatic heterocycles. The molecule has 31 heavy (non-hydrogen) atoms. The zero-order valence-corrected chi connectivity index (χ0v) is 18.4. The van der Waals surface area contributed by atoms with E-state index in [0.717, 1.165) is 25.0 Å². The highest BCUT2D eigenvalue weighted by molar-refractivity contribution is 5.79. The second-order valence-electron chi connectivity index (χ2n) is 8.82. The van der Waals surface area contributed by atoms with E-state index in [1.807, 2.05) is 0 Å². The number of nitrogens with zero attached hydrogens (tertiary/aromatic N) is 1. The first-order valence-corrected chi connectivity index (χ1v) is 11.7. The van der Waals surface area contributed by atoms with Gasteiger partial charge in [-0.05, 0) is 84.7 Å². The molecule has 158 valence electrons. The molecule has 5 rings (SSSR count). The molecule has 1 heterocycles. The first-order chi connectivity index (χ1) is 15.3. The van der Waals surface area contributed by atoms with Gasteiger partial charge in [-0.1, -0.05) is 61.5 Å². The third-order valence-corrected chi connectivity index (χ3v) is 6.75. The molecule has 0 saturated carbocycles. The summed E-state index contributed by atoms with van der Waals surface area (Å²) in [5.41, 5.74) is 8.02. The van der Waals surface area contributed by atoms with E-state index in [9.17, 15) is 0 Å². The average molecular weight is 410 g/mol. The molecule has 0 unspecified atom stereocenters.